The lowest BCUT2D eigenvalue weighted by molar-refractivity contribution is 0.0624. The Morgan fingerprint density at radius 2 is 1.52 bits per heavy atom. The topological polar surface area (TPSA) is 40.6 Å². The van der Waals surface area contributed by atoms with Crippen molar-refractivity contribution >= 4 is 11.7 Å². The molecule has 5 heteroatoms. The number of hydrogen-bond donors (Lipinski definition) is 0. The standard InChI is InChI=1S/C20H21FN2O2/c21-18-9-5-4-8-17(18)20(25)23-14-12-22(13-15-23)11-10-19(24)16-6-2-1-3-7-16/h1-9H,10-15H2. The second-order valence-corrected chi connectivity index (χ2v) is 6.15. The van der Waals surface area contributed by atoms with Gasteiger partial charge in [0.25, 0.3) is 5.91 Å². The Labute approximate surface area is 146 Å². The fourth-order valence-electron chi connectivity index (χ4n) is 3.01. The van der Waals surface area contributed by atoms with Gasteiger partial charge in [0.05, 0.1) is 5.56 Å². The Balaban J connectivity index is 1.48. The predicted molar refractivity (Wildman–Crippen MR) is 94.1 cm³/mol. The van der Waals surface area contributed by atoms with Crippen molar-refractivity contribution in [1.29, 1.82) is 0 Å². The van der Waals surface area contributed by atoms with Crippen molar-refractivity contribution in [1.82, 2.24) is 9.80 Å². The predicted octanol–water partition coefficient (Wildman–Crippen LogP) is 2.86. The largest absolute Gasteiger partial charge is 0.336 e. The molecule has 130 valence electrons. The van der Waals surface area contributed by atoms with Crippen LogP contribution in [-0.2, 0) is 0 Å². The van der Waals surface area contributed by atoms with Crippen molar-refractivity contribution < 1.29 is 14.0 Å². The van der Waals surface area contributed by atoms with Gasteiger partial charge in [0.2, 0.25) is 0 Å². The average Bonchev–Trinajstić information content (AvgIpc) is 2.67. The van der Waals surface area contributed by atoms with Gasteiger partial charge in [-0.05, 0) is 12.1 Å². The van der Waals surface area contributed by atoms with Crippen LogP contribution in [-0.4, -0.2) is 54.2 Å². The molecule has 25 heavy (non-hydrogen) atoms. The van der Waals surface area contributed by atoms with E-state index in [9.17, 15) is 14.0 Å². The van der Waals surface area contributed by atoms with Crippen LogP contribution in [0.15, 0.2) is 54.6 Å². The maximum absolute atomic E-state index is 13.7. The Morgan fingerprint density at radius 1 is 0.880 bits per heavy atom. The van der Waals surface area contributed by atoms with Crippen LogP contribution in [0.5, 0.6) is 0 Å². The minimum atomic E-state index is -0.483. The highest BCUT2D eigenvalue weighted by Gasteiger charge is 2.24. The third-order valence-electron chi connectivity index (χ3n) is 4.51. The van der Waals surface area contributed by atoms with E-state index in [0.717, 1.165) is 5.56 Å². The highest BCUT2D eigenvalue weighted by Crippen LogP contribution is 2.13. The SMILES string of the molecule is O=C(CCN1CCN(C(=O)c2ccccc2F)CC1)c1ccccc1. The molecule has 1 fully saturated rings. The Bertz CT molecular complexity index is 740. The van der Waals surface area contributed by atoms with Crippen LogP contribution in [0, 0.1) is 5.82 Å². The van der Waals surface area contributed by atoms with Crippen LogP contribution >= 0.6 is 0 Å². The Morgan fingerprint density at radius 3 is 2.20 bits per heavy atom. The number of benzene rings is 2. The van der Waals surface area contributed by atoms with Gasteiger partial charge in [-0.1, -0.05) is 42.5 Å². The maximum Gasteiger partial charge on any atom is 0.256 e. The van der Waals surface area contributed by atoms with Gasteiger partial charge in [-0.3, -0.25) is 14.5 Å². The lowest BCUT2D eigenvalue weighted by Crippen LogP contribution is -2.49. The number of carbonyl (C=O) groups excluding carboxylic acids is 2. The van der Waals surface area contributed by atoms with Crippen LogP contribution in [0.3, 0.4) is 0 Å². The van der Waals surface area contributed by atoms with E-state index < -0.39 is 5.82 Å². The number of hydrogen-bond acceptors (Lipinski definition) is 3. The summed E-state index contributed by atoms with van der Waals surface area (Å²) in [6, 6.07) is 15.3. The Hall–Kier alpha value is -2.53. The van der Waals surface area contributed by atoms with E-state index in [1.807, 2.05) is 30.3 Å². The van der Waals surface area contributed by atoms with Gasteiger partial charge in [0.15, 0.2) is 5.78 Å². The number of halogens is 1. The van der Waals surface area contributed by atoms with Crippen molar-refractivity contribution in [2.24, 2.45) is 0 Å². The molecule has 0 atom stereocenters. The van der Waals surface area contributed by atoms with Crippen LogP contribution in [0.1, 0.15) is 27.1 Å². The van der Waals surface area contributed by atoms with E-state index in [4.69, 9.17) is 0 Å². The summed E-state index contributed by atoms with van der Waals surface area (Å²) in [6.45, 7) is 3.17. The molecule has 0 aliphatic carbocycles. The lowest BCUT2D eigenvalue weighted by Gasteiger charge is -2.34. The summed E-state index contributed by atoms with van der Waals surface area (Å²) in [6.07, 6.45) is 0.464. The quantitative estimate of drug-likeness (QED) is 0.786. The summed E-state index contributed by atoms with van der Waals surface area (Å²) in [5, 5.41) is 0. The lowest BCUT2D eigenvalue weighted by atomic mass is 10.1. The van der Waals surface area contributed by atoms with Crippen LogP contribution in [0.4, 0.5) is 4.39 Å². The third kappa shape index (κ3) is 4.31. The summed E-state index contributed by atoms with van der Waals surface area (Å²) >= 11 is 0. The molecular weight excluding hydrogens is 319 g/mol. The zero-order chi connectivity index (χ0) is 17.6. The molecule has 2 aromatic rings. The van der Waals surface area contributed by atoms with E-state index in [1.54, 1.807) is 17.0 Å². The fraction of sp³-hybridized carbons (Fsp3) is 0.300. The molecule has 4 nitrogen and oxygen atoms in total. The number of Topliss-reactive ketones (excluding diaryl/α,β-unsaturated/α-hetero) is 1. The summed E-state index contributed by atoms with van der Waals surface area (Å²) in [5.41, 5.74) is 0.853. The van der Waals surface area contributed by atoms with Crippen molar-refractivity contribution in [3.05, 3.63) is 71.5 Å². The van der Waals surface area contributed by atoms with Gasteiger partial charge >= 0.3 is 0 Å². The monoisotopic (exact) mass is 340 g/mol. The normalized spacial score (nSPS) is 15.2. The average molecular weight is 340 g/mol. The zero-order valence-electron chi connectivity index (χ0n) is 14.0. The van der Waals surface area contributed by atoms with Gasteiger partial charge in [-0.2, -0.15) is 0 Å². The zero-order valence-corrected chi connectivity index (χ0v) is 14.0. The molecule has 1 amide bonds. The molecule has 0 N–H and O–H groups in total. The minimum Gasteiger partial charge on any atom is -0.336 e. The summed E-state index contributed by atoms with van der Waals surface area (Å²) in [5.74, 6) is -0.619. The van der Waals surface area contributed by atoms with E-state index in [1.165, 1.54) is 12.1 Å². The molecule has 3 rings (SSSR count). The molecule has 1 aliphatic rings. The van der Waals surface area contributed by atoms with E-state index in [0.29, 0.717) is 39.1 Å². The number of amides is 1. The third-order valence-corrected chi connectivity index (χ3v) is 4.51. The van der Waals surface area contributed by atoms with Crippen LogP contribution < -0.4 is 0 Å². The first-order chi connectivity index (χ1) is 12.1. The highest BCUT2D eigenvalue weighted by molar-refractivity contribution is 5.96. The van der Waals surface area contributed by atoms with Crippen molar-refractivity contribution in [3.8, 4) is 0 Å². The van der Waals surface area contributed by atoms with Gasteiger partial charge < -0.3 is 4.90 Å². The number of piperazine rings is 1. The molecule has 0 saturated carbocycles. The molecular formula is C20H21FN2O2. The molecule has 0 unspecified atom stereocenters. The maximum atomic E-state index is 13.7. The summed E-state index contributed by atoms with van der Waals surface area (Å²) in [4.78, 5) is 28.4. The molecule has 2 aromatic carbocycles. The number of carbonyl (C=O) groups is 2. The van der Waals surface area contributed by atoms with Gasteiger partial charge in [-0.15, -0.1) is 0 Å². The summed E-state index contributed by atoms with van der Waals surface area (Å²) in [7, 11) is 0. The second kappa shape index (κ2) is 8.03. The van der Waals surface area contributed by atoms with E-state index in [-0.39, 0.29) is 17.3 Å². The molecule has 0 radical (unpaired) electrons. The van der Waals surface area contributed by atoms with E-state index >= 15 is 0 Å². The molecule has 0 bridgehead atoms. The minimum absolute atomic E-state index is 0.121. The molecule has 1 aliphatic heterocycles. The number of rotatable bonds is 5. The summed E-state index contributed by atoms with van der Waals surface area (Å²) < 4.78 is 13.7. The molecule has 0 aromatic heterocycles. The van der Waals surface area contributed by atoms with Crippen molar-refractivity contribution in [3.63, 3.8) is 0 Å². The highest BCUT2D eigenvalue weighted by atomic mass is 19.1. The van der Waals surface area contributed by atoms with Crippen molar-refractivity contribution in [2.75, 3.05) is 32.7 Å². The van der Waals surface area contributed by atoms with Crippen LogP contribution in [0.2, 0.25) is 0 Å². The smallest absolute Gasteiger partial charge is 0.256 e. The first kappa shape index (κ1) is 17.3. The first-order valence-electron chi connectivity index (χ1n) is 8.49. The number of ketones is 1. The van der Waals surface area contributed by atoms with E-state index in [2.05, 4.69) is 4.90 Å². The van der Waals surface area contributed by atoms with Gasteiger partial charge in [0, 0.05) is 44.7 Å². The van der Waals surface area contributed by atoms with Gasteiger partial charge in [0.1, 0.15) is 5.82 Å². The Kier molecular flexibility index (Phi) is 5.56. The fourth-order valence-corrected chi connectivity index (χ4v) is 3.01. The molecule has 1 saturated heterocycles. The first-order valence-corrected chi connectivity index (χ1v) is 8.49. The molecule has 1 heterocycles. The van der Waals surface area contributed by atoms with Gasteiger partial charge in [-0.25, -0.2) is 4.39 Å². The van der Waals surface area contributed by atoms with Crippen molar-refractivity contribution in [2.45, 2.75) is 6.42 Å². The second-order valence-electron chi connectivity index (χ2n) is 6.15. The number of nitrogens with zero attached hydrogens (tertiary/aromatic N) is 2. The molecule has 0 spiro atoms. The van der Waals surface area contributed by atoms with Crippen LogP contribution in [0.25, 0.3) is 0 Å².